The first kappa shape index (κ1) is 14.7. The van der Waals surface area contributed by atoms with Gasteiger partial charge >= 0.3 is 0 Å². The van der Waals surface area contributed by atoms with Crippen LogP contribution in [0, 0.1) is 0 Å². The molecule has 0 aromatic carbocycles. The minimum atomic E-state index is -0.447. The van der Waals surface area contributed by atoms with Crippen LogP contribution in [-0.2, 0) is 0 Å². The van der Waals surface area contributed by atoms with E-state index in [-0.39, 0.29) is 6.10 Å². The Kier molecular flexibility index (Phi) is 4.92. The zero-order valence-electron chi connectivity index (χ0n) is 11.8. The van der Waals surface area contributed by atoms with E-state index >= 15 is 0 Å². The van der Waals surface area contributed by atoms with Crippen molar-refractivity contribution in [2.45, 2.75) is 19.4 Å². The third-order valence-corrected chi connectivity index (χ3v) is 3.72. The number of aromatic nitrogens is 1. The van der Waals surface area contributed by atoms with Gasteiger partial charge in [-0.3, -0.25) is 14.7 Å². The maximum atomic E-state index is 11.4. The normalized spacial score (nSPS) is 18.0. The molecular weight excluding hydrogens is 256 g/mol. The van der Waals surface area contributed by atoms with Gasteiger partial charge in [0.2, 0.25) is 0 Å². The molecule has 0 saturated carbocycles. The van der Waals surface area contributed by atoms with Gasteiger partial charge in [-0.2, -0.15) is 0 Å². The van der Waals surface area contributed by atoms with Gasteiger partial charge < -0.3 is 15.7 Å². The first-order valence-electron chi connectivity index (χ1n) is 7.01. The van der Waals surface area contributed by atoms with Gasteiger partial charge in [0, 0.05) is 45.1 Å². The van der Waals surface area contributed by atoms with Crippen LogP contribution in [-0.4, -0.2) is 59.7 Å². The number of hydrogen-bond acceptors (Lipinski definition) is 5. The zero-order valence-corrected chi connectivity index (χ0v) is 11.8. The summed E-state index contributed by atoms with van der Waals surface area (Å²) in [4.78, 5) is 19.8. The van der Waals surface area contributed by atoms with Crippen LogP contribution >= 0.6 is 0 Å². The second kappa shape index (κ2) is 6.67. The summed E-state index contributed by atoms with van der Waals surface area (Å²) < 4.78 is 0. The Morgan fingerprint density at radius 3 is 2.75 bits per heavy atom. The molecule has 1 fully saturated rings. The topological polar surface area (TPSA) is 82.7 Å². The number of pyridine rings is 1. The molecule has 1 aromatic rings. The lowest BCUT2D eigenvalue weighted by molar-refractivity contribution is 0.0999. The van der Waals surface area contributed by atoms with E-state index in [1.54, 1.807) is 6.20 Å². The molecule has 1 aliphatic heterocycles. The second-order valence-corrected chi connectivity index (χ2v) is 5.11. The molecule has 1 unspecified atom stereocenters. The molecule has 1 atom stereocenters. The number of β-amino-alcohol motifs (C(OH)–C–C–N with tert-alkyl or cyclic N) is 1. The number of nitrogens with zero attached hydrogens (tertiary/aromatic N) is 3. The third kappa shape index (κ3) is 3.46. The van der Waals surface area contributed by atoms with Gasteiger partial charge in [-0.15, -0.1) is 0 Å². The molecule has 2 rings (SSSR count). The van der Waals surface area contributed by atoms with Crippen molar-refractivity contribution >= 4 is 11.6 Å². The van der Waals surface area contributed by atoms with Gasteiger partial charge in [0.25, 0.3) is 5.91 Å². The highest BCUT2D eigenvalue weighted by molar-refractivity contribution is 5.98. The van der Waals surface area contributed by atoms with Crippen molar-refractivity contribution in [2.24, 2.45) is 5.73 Å². The fourth-order valence-corrected chi connectivity index (χ4v) is 2.45. The Labute approximate surface area is 119 Å². The largest absolute Gasteiger partial charge is 0.392 e. The average Bonchev–Trinajstić information content (AvgIpc) is 2.48. The number of amides is 1. The molecule has 1 saturated heterocycles. The van der Waals surface area contributed by atoms with Crippen molar-refractivity contribution in [3.05, 3.63) is 24.0 Å². The number of aliphatic hydroxyl groups excluding tert-OH is 1. The number of piperazine rings is 1. The Morgan fingerprint density at radius 1 is 1.45 bits per heavy atom. The van der Waals surface area contributed by atoms with Crippen LogP contribution in [0.2, 0.25) is 0 Å². The molecule has 20 heavy (non-hydrogen) atoms. The van der Waals surface area contributed by atoms with Crippen molar-refractivity contribution in [1.29, 1.82) is 0 Å². The Hall–Kier alpha value is -1.66. The summed E-state index contributed by atoms with van der Waals surface area (Å²) >= 11 is 0. The number of nitrogens with two attached hydrogens (primary N) is 1. The highest BCUT2D eigenvalue weighted by Crippen LogP contribution is 2.20. The van der Waals surface area contributed by atoms with Crippen molar-refractivity contribution in [1.82, 2.24) is 9.88 Å². The zero-order chi connectivity index (χ0) is 14.5. The summed E-state index contributed by atoms with van der Waals surface area (Å²) in [5.74, 6) is -0.447. The van der Waals surface area contributed by atoms with E-state index in [1.165, 1.54) is 6.20 Å². The Bertz CT molecular complexity index is 458. The van der Waals surface area contributed by atoms with E-state index in [1.807, 2.05) is 13.0 Å². The SMILES string of the molecule is CCC(O)CN1CCN(c2ccncc2C(N)=O)CC1. The standard InChI is InChI=1S/C14H22N4O2/c1-2-11(19)10-17-5-7-18(8-6-17)13-3-4-16-9-12(13)14(15)20/h3-4,9,11,19H,2,5-8,10H2,1H3,(H2,15,20). The lowest BCUT2D eigenvalue weighted by Gasteiger charge is -2.37. The molecule has 2 heterocycles. The summed E-state index contributed by atoms with van der Waals surface area (Å²) in [6, 6.07) is 1.83. The van der Waals surface area contributed by atoms with Gasteiger partial charge in [0.05, 0.1) is 17.4 Å². The van der Waals surface area contributed by atoms with Crippen LogP contribution in [0.4, 0.5) is 5.69 Å². The number of carbonyl (C=O) groups is 1. The van der Waals surface area contributed by atoms with E-state index in [0.29, 0.717) is 12.1 Å². The molecule has 0 bridgehead atoms. The van der Waals surface area contributed by atoms with Gasteiger partial charge in [-0.25, -0.2) is 0 Å². The predicted molar refractivity (Wildman–Crippen MR) is 77.7 cm³/mol. The molecule has 1 aromatic heterocycles. The van der Waals surface area contributed by atoms with E-state index in [4.69, 9.17) is 5.73 Å². The molecule has 6 nitrogen and oxygen atoms in total. The fraction of sp³-hybridized carbons (Fsp3) is 0.571. The fourth-order valence-electron chi connectivity index (χ4n) is 2.45. The molecule has 3 N–H and O–H groups in total. The maximum Gasteiger partial charge on any atom is 0.252 e. The number of hydrogen-bond donors (Lipinski definition) is 2. The van der Waals surface area contributed by atoms with Gasteiger partial charge in [-0.05, 0) is 12.5 Å². The number of rotatable bonds is 5. The van der Waals surface area contributed by atoms with Gasteiger partial charge in [-0.1, -0.05) is 6.92 Å². The summed E-state index contributed by atoms with van der Waals surface area (Å²) in [6.07, 6.45) is 3.71. The smallest absolute Gasteiger partial charge is 0.252 e. The van der Waals surface area contributed by atoms with E-state index in [2.05, 4.69) is 14.8 Å². The van der Waals surface area contributed by atoms with Crippen molar-refractivity contribution in [3.8, 4) is 0 Å². The monoisotopic (exact) mass is 278 g/mol. The Morgan fingerprint density at radius 2 is 2.15 bits per heavy atom. The van der Waals surface area contributed by atoms with Crippen LogP contribution in [0.3, 0.4) is 0 Å². The molecule has 0 aliphatic carbocycles. The number of primary amides is 1. The average molecular weight is 278 g/mol. The van der Waals surface area contributed by atoms with Crippen LogP contribution in [0.15, 0.2) is 18.5 Å². The Balaban J connectivity index is 1.99. The van der Waals surface area contributed by atoms with E-state index in [9.17, 15) is 9.90 Å². The summed E-state index contributed by atoms with van der Waals surface area (Å²) in [7, 11) is 0. The van der Waals surface area contributed by atoms with Crippen LogP contribution in [0.5, 0.6) is 0 Å². The van der Waals surface area contributed by atoms with Crippen LogP contribution in [0.1, 0.15) is 23.7 Å². The molecular formula is C14H22N4O2. The van der Waals surface area contributed by atoms with E-state index in [0.717, 1.165) is 38.3 Å². The van der Waals surface area contributed by atoms with Gasteiger partial charge in [0.15, 0.2) is 0 Å². The molecule has 1 amide bonds. The van der Waals surface area contributed by atoms with Crippen molar-refractivity contribution < 1.29 is 9.90 Å². The molecule has 0 radical (unpaired) electrons. The summed E-state index contributed by atoms with van der Waals surface area (Å²) in [6.45, 7) is 6.08. The lowest BCUT2D eigenvalue weighted by Crippen LogP contribution is -2.49. The lowest BCUT2D eigenvalue weighted by atomic mass is 10.1. The quantitative estimate of drug-likeness (QED) is 0.796. The summed E-state index contributed by atoms with van der Waals surface area (Å²) in [5, 5.41) is 9.69. The van der Waals surface area contributed by atoms with Crippen molar-refractivity contribution in [2.75, 3.05) is 37.6 Å². The molecule has 1 aliphatic rings. The number of aliphatic hydroxyl groups is 1. The molecule has 0 spiro atoms. The van der Waals surface area contributed by atoms with E-state index < -0.39 is 5.91 Å². The highest BCUT2D eigenvalue weighted by atomic mass is 16.3. The first-order valence-corrected chi connectivity index (χ1v) is 7.01. The third-order valence-electron chi connectivity index (χ3n) is 3.72. The number of anilines is 1. The van der Waals surface area contributed by atoms with Crippen LogP contribution in [0.25, 0.3) is 0 Å². The first-order chi connectivity index (χ1) is 9.61. The highest BCUT2D eigenvalue weighted by Gasteiger charge is 2.21. The minimum Gasteiger partial charge on any atom is -0.392 e. The molecule has 6 heteroatoms. The predicted octanol–water partition coefficient (Wildman–Crippen LogP) is 0.0734. The molecule has 110 valence electrons. The second-order valence-electron chi connectivity index (χ2n) is 5.11. The van der Waals surface area contributed by atoms with Crippen LogP contribution < -0.4 is 10.6 Å². The number of carbonyl (C=O) groups excluding carboxylic acids is 1. The van der Waals surface area contributed by atoms with Gasteiger partial charge in [0.1, 0.15) is 0 Å². The van der Waals surface area contributed by atoms with Crippen molar-refractivity contribution in [3.63, 3.8) is 0 Å². The summed E-state index contributed by atoms with van der Waals surface area (Å²) in [5.41, 5.74) is 6.70. The minimum absolute atomic E-state index is 0.261. The maximum absolute atomic E-state index is 11.4.